The van der Waals surface area contributed by atoms with Crippen molar-refractivity contribution in [3.63, 3.8) is 0 Å². The number of hydrogen-bond donors (Lipinski definition) is 2. The highest BCUT2D eigenvalue weighted by Crippen LogP contribution is 2.21. The van der Waals surface area contributed by atoms with Crippen LogP contribution in [-0.2, 0) is 19.2 Å². The number of rotatable bonds is 3. The summed E-state index contributed by atoms with van der Waals surface area (Å²) < 4.78 is 0. The van der Waals surface area contributed by atoms with Gasteiger partial charge in [0.25, 0.3) is 5.91 Å². The van der Waals surface area contributed by atoms with E-state index < -0.39 is 23.8 Å². The Bertz CT molecular complexity index is 674. The van der Waals surface area contributed by atoms with Gasteiger partial charge in [-0.15, -0.1) is 0 Å². The quantitative estimate of drug-likeness (QED) is 0.740. The minimum absolute atomic E-state index is 0.0645. The van der Waals surface area contributed by atoms with Gasteiger partial charge in [0, 0.05) is 38.8 Å². The SMILES string of the molecule is CC(=O)ONC(=O)C1CCCNC1C(=O)N1CCN(c2ccccc2)CC1. The lowest BCUT2D eigenvalue weighted by Crippen LogP contribution is -2.59. The molecule has 2 aliphatic heterocycles. The summed E-state index contributed by atoms with van der Waals surface area (Å²) in [6, 6.07) is 9.54. The van der Waals surface area contributed by atoms with Crippen LogP contribution in [0, 0.1) is 5.92 Å². The molecule has 0 bridgehead atoms. The summed E-state index contributed by atoms with van der Waals surface area (Å²) in [6.07, 6.45) is 1.38. The number of hydrogen-bond acceptors (Lipinski definition) is 6. The fourth-order valence-corrected chi connectivity index (χ4v) is 3.65. The Morgan fingerprint density at radius 1 is 1.11 bits per heavy atom. The highest BCUT2D eigenvalue weighted by molar-refractivity contribution is 5.90. The summed E-state index contributed by atoms with van der Waals surface area (Å²) in [5.74, 6) is -1.63. The lowest BCUT2D eigenvalue weighted by atomic mass is 9.89. The molecule has 2 unspecified atom stereocenters. The van der Waals surface area contributed by atoms with Crippen molar-refractivity contribution in [2.24, 2.45) is 5.92 Å². The highest BCUT2D eigenvalue weighted by Gasteiger charge is 2.39. The predicted molar refractivity (Wildman–Crippen MR) is 99.7 cm³/mol. The van der Waals surface area contributed by atoms with E-state index in [2.05, 4.69) is 32.7 Å². The van der Waals surface area contributed by atoms with Gasteiger partial charge in [0.1, 0.15) is 0 Å². The molecule has 8 nitrogen and oxygen atoms in total. The van der Waals surface area contributed by atoms with Crippen LogP contribution in [0.25, 0.3) is 0 Å². The predicted octanol–water partition coefficient (Wildman–Crippen LogP) is 0.298. The van der Waals surface area contributed by atoms with Crippen LogP contribution in [0.1, 0.15) is 19.8 Å². The largest absolute Gasteiger partial charge is 0.368 e. The second-order valence-electron chi connectivity index (χ2n) is 6.89. The number of carbonyl (C=O) groups excluding carboxylic acids is 3. The zero-order chi connectivity index (χ0) is 19.2. The van der Waals surface area contributed by atoms with E-state index in [4.69, 9.17) is 0 Å². The molecule has 0 spiro atoms. The number of nitrogens with zero attached hydrogens (tertiary/aromatic N) is 2. The summed E-state index contributed by atoms with van der Waals surface area (Å²) >= 11 is 0. The molecule has 0 saturated carbocycles. The number of piperazine rings is 1. The first-order chi connectivity index (χ1) is 13.1. The fourth-order valence-electron chi connectivity index (χ4n) is 3.65. The summed E-state index contributed by atoms with van der Waals surface area (Å²) in [4.78, 5) is 44.9. The van der Waals surface area contributed by atoms with E-state index in [0.717, 1.165) is 25.2 Å². The van der Waals surface area contributed by atoms with Crippen LogP contribution >= 0.6 is 0 Å². The van der Waals surface area contributed by atoms with Gasteiger partial charge in [-0.1, -0.05) is 18.2 Å². The van der Waals surface area contributed by atoms with Crippen molar-refractivity contribution in [1.29, 1.82) is 0 Å². The Kier molecular flexibility index (Phi) is 6.28. The molecule has 2 saturated heterocycles. The van der Waals surface area contributed by atoms with Crippen molar-refractivity contribution in [2.45, 2.75) is 25.8 Å². The molecule has 27 heavy (non-hydrogen) atoms. The topological polar surface area (TPSA) is 91.0 Å². The number of hydroxylamine groups is 1. The zero-order valence-corrected chi connectivity index (χ0v) is 15.5. The van der Waals surface area contributed by atoms with Gasteiger partial charge in [0.2, 0.25) is 5.91 Å². The smallest absolute Gasteiger partial charge is 0.329 e. The molecule has 0 aromatic heterocycles. The lowest BCUT2D eigenvalue weighted by Gasteiger charge is -2.39. The molecule has 1 aromatic carbocycles. The second kappa shape index (κ2) is 8.85. The lowest BCUT2D eigenvalue weighted by molar-refractivity contribution is -0.159. The molecular weight excluding hydrogens is 348 g/mol. The van der Waals surface area contributed by atoms with E-state index in [9.17, 15) is 14.4 Å². The molecular formula is C19H26N4O4. The molecule has 8 heteroatoms. The minimum Gasteiger partial charge on any atom is -0.368 e. The third kappa shape index (κ3) is 4.77. The minimum atomic E-state index is -0.591. The van der Waals surface area contributed by atoms with Gasteiger partial charge >= 0.3 is 5.97 Å². The molecule has 2 atom stereocenters. The van der Waals surface area contributed by atoms with Crippen LogP contribution < -0.4 is 15.7 Å². The summed E-state index contributed by atoms with van der Waals surface area (Å²) in [6.45, 7) is 4.65. The zero-order valence-electron chi connectivity index (χ0n) is 15.5. The van der Waals surface area contributed by atoms with E-state index in [1.165, 1.54) is 6.92 Å². The fraction of sp³-hybridized carbons (Fsp3) is 0.526. The second-order valence-corrected chi connectivity index (χ2v) is 6.89. The van der Waals surface area contributed by atoms with Crippen LogP contribution in [0.2, 0.25) is 0 Å². The molecule has 2 aliphatic rings. The number of amides is 2. The monoisotopic (exact) mass is 374 g/mol. The standard InChI is InChI=1S/C19H26N4O4/c1-14(24)27-21-18(25)16-8-5-9-20-17(16)19(26)23-12-10-22(11-13-23)15-6-3-2-4-7-15/h2-4,6-7,16-17,20H,5,8-13H2,1H3,(H,21,25). The van der Waals surface area contributed by atoms with E-state index in [0.29, 0.717) is 26.1 Å². The van der Waals surface area contributed by atoms with E-state index in [1.807, 2.05) is 23.1 Å². The number of carbonyl (C=O) groups is 3. The molecule has 2 N–H and O–H groups in total. The van der Waals surface area contributed by atoms with E-state index in [-0.39, 0.29) is 5.91 Å². The van der Waals surface area contributed by atoms with Crippen LogP contribution in [-0.4, -0.2) is 61.4 Å². The van der Waals surface area contributed by atoms with Crippen molar-refractivity contribution in [2.75, 3.05) is 37.6 Å². The van der Waals surface area contributed by atoms with Crippen LogP contribution in [0.15, 0.2) is 30.3 Å². The van der Waals surface area contributed by atoms with Gasteiger partial charge in [0.15, 0.2) is 0 Å². The first kappa shape index (κ1) is 19.2. The maximum absolute atomic E-state index is 13.0. The van der Waals surface area contributed by atoms with Crippen LogP contribution in [0.5, 0.6) is 0 Å². The maximum atomic E-state index is 13.0. The Balaban J connectivity index is 1.58. The number of nitrogens with one attached hydrogen (secondary N) is 2. The molecule has 2 amide bonds. The van der Waals surface area contributed by atoms with Gasteiger partial charge in [-0.05, 0) is 31.5 Å². The maximum Gasteiger partial charge on any atom is 0.329 e. The molecule has 2 fully saturated rings. The Morgan fingerprint density at radius 3 is 2.48 bits per heavy atom. The van der Waals surface area contributed by atoms with Gasteiger partial charge in [0.05, 0.1) is 12.0 Å². The molecule has 146 valence electrons. The average molecular weight is 374 g/mol. The molecule has 3 rings (SSSR count). The van der Waals surface area contributed by atoms with Gasteiger partial charge in [-0.25, -0.2) is 0 Å². The Morgan fingerprint density at radius 2 is 1.81 bits per heavy atom. The van der Waals surface area contributed by atoms with Crippen molar-refractivity contribution in [3.05, 3.63) is 30.3 Å². The molecule has 2 heterocycles. The normalized spacial score (nSPS) is 22.9. The first-order valence-electron chi connectivity index (χ1n) is 9.35. The van der Waals surface area contributed by atoms with Crippen LogP contribution in [0.3, 0.4) is 0 Å². The first-order valence-corrected chi connectivity index (χ1v) is 9.35. The van der Waals surface area contributed by atoms with Crippen molar-refractivity contribution < 1.29 is 19.2 Å². The van der Waals surface area contributed by atoms with Crippen molar-refractivity contribution >= 4 is 23.5 Å². The van der Waals surface area contributed by atoms with Crippen molar-refractivity contribution in [1.82, 2.24) is 15.7 Å². The summed E-state index contributed by atoms with van der Waals surface area (Å²) in [5, 5.41) is 3.17. The van der Waals surface area contributed by atoms with Crippen LogP contribution in [0.4, 0.5) is 5.69 Å². The number of piperidine rings is 1. The third-order valence-corrected chi connectivity index (χ3v) is 5.07. The van der Waals surface area contributed by atoms with E-state index >= 15 is 0 Å². The van der Waals surface area contributed by atoms with Gasteiger partial charge < -0.3 is 20.0 Å². The Hall–Kier alpha value is -2.61. The summed E-state index contributed by atoms with van der Waals surface area (Å²) in [7, 11) is 0. The van der Waals surface area contributed by atoms with Gasteiger partial charge in [-0.3, -0.25) is 14.4 Å². The summed E-state index contributed by atoms with van der Waals surface area (Å²) in [5.41, 5.74) is 3.31. The third-order valence-electron chi connectivity index (χ3n) is 5.07. The molecule has 0 aliphatic carbocycles. The molecule has 1 aromatic rings. The Labute approximate surface area is 158 Å². The van der Waals surface area contributed by atoms with Gasteiger partial charge in [-0.2, -0.15) is 5.48 Å². The number of anilines is 1. The number of benzene rings is 1. The molecule has 0 radical (unpaired) electrons. The van der Waals surface area contributed by atoms with Crippen molar-refractivity contribution in [3.8, 4) is 0 Å². The average Bonchev–Trinajstić information content (AvgIpc) is 2.72. The van der Waals surface area contributed by atoms with E-state index in [1.54, 1.807) is 0 Å². The number of para-hydroxylation sites is 1. The highest BCUT2D eigenvalue weighted by atomic mass is 16.7.